The average Bonchev–Trinajstić information content (AvgIpc) is 2.41. The first kappa shape index (κ1) is 13.6. The van der Waals surface area contributed by atoms with Crippen LogP contribution in [0.15, 0.2) is 36.1 Å². The van der Waals surface area contributed by atoms with Crippen molar-refractivity contribution in [2.45, 2.75) is 13.0 Å². The maximum absolute atomic E-state index is 6.04. The van der Waals surface area contributed by atoms with Gasteiger partial charge in [-0.15, -0.1) is 0 Å². The maximum atomic E-state index is 6.04. The number of methoxy groups -OCH3 is 2. The van der Waals surface area contributed by atoms with Gasteiger partial charge < -0.3 is 20.9 Å². The lowest BCUT2D eigenvalue weighted by Gasteiger charge is -2.26. The van der Waals surface area contributed by atoms with E-state index in [-0.39, 0.29) is 12.0 Å². The van der Waals surface area contributed by atoms with Crippen molar-refractivity contribution in [1.82, 2.24) is 0 Å². The molecule has 4 heteroatoms. The Kier molecular flexibility index (Phi) is 3.93. The molecule has 0 saturated heterocycles. The number of hydrogen-bond acceptors (Lipinski definition) is 3. The summed E-state index contributed by atoms with van der Waals surface area (Å²) in [6.45, 7) is 2.06. The molecular formula is C15H21N2O2+. The first-order valence-corrected chi connectivity index (χ1v) is 6.30. The molecule has 1 aromatic rings. The zero-order valence-electron chi connectivity index (χ0n) is 11.6. The van der Waals surface area contributed by atoms with E-state index in [2.05, 4.69) is 12.7 Å². The van der Waals surface area contributed by atoms with Crippen LogP contribution in [-0.2, 0) is 4.74 Å². The first-order valence-electron chi connectivity index (χ1n) is 6.30. The van der Waals surface area contributed by atoms with E-state index in [0.29, 0.717) is 0 Å². The molecule has 0 spiro atoms. The van der Waals surface area contributed by atoms with Crippen molar-refractivity contribution in [3.8, 4) is 5.75 Å². The summed E-state index contributed by atoms with van der Waals surface area (Å²) < 4.78 is 11.0. The van der Waals surface area contributed by atoms with Crippen molar-refractivity contribution in [3.63, 3.8) is 0 Å². The van der Waals surface area contributed by atoms with Crippen molar-refractivity contribution in [3.05, 3.63) is 41.7 Å². The van der Waals surface area contributed by atoms with Gasteiger partial charge in [0.25, 0.3) is 0 Å². The van der Waals surface area contributed by atoms with Gasteiger partial charge in [-0.1, -0.05) is 19.1 Å². The molecule has 0 aliphatic heterocycles. The van der Waals surface area contributed by atoms with Crippen LogP contribution in [0, 0.1) is 5.92 Å². The van der Waals surface area contributed by atoms with Gasteiger partial charge in [-0.05, 0) is 12.1 Å². The normalized spacial score (nSPS) is 22.6. The van der Waals surface area contributed by atoms with Gasteiger partial charge in [-0.3, -0.25) is 0 Å². The van der Waals surface area contributed by atoms with Crippen LogP contribution in [0.5, 0.6) is 5.75 Å². The molecule has 0 bridgehead atoms. The largest absolute Gasteiger partial charge is 0.500 e. The molecule has 1 aliphatic rings. The summed E-state index contributed by atoms with van der Waals surface area (Å²) in [5.74, 6) is 1.84. The molecule has 2 rings (SSSR count). The van der Waals surface area contributed by atoms with Crippen molar-refractivity contribution >= 4 is 11.3 Å². The van der Waals surface area contributed by atoms with Gasteiger partial charge in [-0.2, -0.15) is 0 Å². The van der Waals surface area contributed by atoms with Crippen LogP contribution < -0.4 is 16.2 Å². The lowest BCUT2D eigenvalue weighted by molar-refractivity contribution is -0.254. The van der Waals surface area contributed by atoms with Gasteiger partial charge in [0.1, 0.15) is 17.2 Å². The van der Waals surface area contributed by atoms with Crippen LogP contribution in [0.25, 0.3) is 5.57 Å². The van der Waals surface area contributed by atoms with Crippen LogP contribution in [0.2, 0.25) is 0 Å². The van der Waals surface area contributed by atoms with E-state index in [4.69, 9.17) is 15.2 Å². The van der Waals surface area contributed by atoms with Crippen molar-refractivity contribution in [1.29, 1.82) is 0 Å². The summed E-state index contributed by atoms with van der Waals surface area (Å²) in [4.78, 5) is 0. The molecule has 0 amide bonds. The minimum Gasteiger partial charge on any atom is -0.500 e. The highest BCUT2D eigenvalue weighted by Crippen LogP contribution is 2.36. The Morgan fingerprint density at radius 2 is 1.95 bits per heavy atom. The van der Waals surface area contributed by atoms with Gasteiger partial charge in [0, 0.05) is 29.2 Å². The Hall–Kier alpha value is -1.78. The van der Waals surface area contributed by atoms with E-state index < -0.39 is 0 Å². The second-order valence-electron chi connectivity index (χ2n) is 4.74. The number of hydrogen-bond donors (Lipinski definition) is 2. The highest BCUT2D eigenvalue weighted by Gasteiger charge is 2.25. The summed E-state index contributed by atoms with van der Waals surface area (Å²) in [5.41, 5.74) is 12.9. The van der Waals surface area contributed by atoms with Gasteiger partial charge in [0.2, 0.25) is 0 Å². The zero-order chi connectivity index (χ0) is 14.0. The smallest absolute Gasteiger partial charge is 0.132 e. The minimum absolute atomic E-state index is 0.0168. The number of benzene rings is 1. The third-order valence-corrected chi connectivity index (χ3v) is 3.52. The Morgan fingerprint density at radius 1 is 1.21 bits per heavy atom. The van der Waals surface area contributed by atoms with E-state index in [1.54, 1.807) is 14.2 Å². The van der Waals surface area contributed by atoms with E-state index >= 15 is 0 Å². The highest BCUT2D eigenvalue weighted by molar-refractivity contribution is 5.81. The maximum Gasteiger partial charge on any atom is 0.132 e. The molecule has 1 aromatic carbocycles. The number of rotatable bonds is 3. The summed E-state index contributed by atoms with van der Waals surface area (Å²) in [6.07, 6.45) is 4.00. The van der Waals surface area contributed by atoms with Crippen LogP contribution in [0.4, 0.5) is 5.69 Å². The summed E-state index contributed by atoms with van der Waals surface area (Å²) >= 11 is 0. The fraction of sp³-hybridized carbons (Fsp3) is 0.333. The summed E-state index contributed by atoms with van der Waals surface area (Å²) in [6, 6.07) is 5.87. The molecule has 19 heavy (non-hydrogen) atoms. The monoisotopic (exact) mass is 261 g/mol. The SMILES string of the molecule is COC1=C(c2ccc([NH3+])cc2OC)C=CC(N)C1C. The Balaban J connectivity index is 2.56. The number of nitrogens with two attached hydrogens (primary N) is 1. The first-order chi connectivity index (χ1) is 9.08. The average molecular weight is 261 g/mol. The zero-order valence-corrected chi connectivity index (χ0v) is 11.6. The van der Waals surface area contributed by atoms with E-state index in [9.17, 15) is 0 Å². The predicted molar refractivity (Wildman–Crippen MR) is 75.8 cm³/mol. The van der Waals surface area contributed by atoms with Gasteiger partial charge in [-0.25, -0.2) is 0 Å². The molecule has 0 fully saturated rings. The van der Waals surface area contributed by atoms with Crippen molar-refractivity contribution in [2.75, 3.05) is 14.2 Å². The topological polar surface area (TPSA) is 72.1 Å². The van der Waals surface area contributed by atoms with E-state index in [1.165, 1.54) is 0 Å². The summed E-state index contributed by atoms with van der Waals surface area (Å²) in [5, 5.41) is 0. The highest BCUT2D eigenvalue weighted by atomic mass is 16.5. The Labute approximate surface area is 113 Å². The van der Waals surface area contributed by atoms with Crippen LogP contribution in [0.1, 0.15) is 12.5 Å². The molecular weight excluding hydrogens is 240 g/mol. The third kappa shape index (κ3) is 2.50. The third-order valence-electron chi connectivity index (χ3n) is 3.52. The number of ether oxygens (including phenoxy) is 2. The van der Waals surface area contributed by atoms with Crippen LogP contribution in [0.3, 0.4) is 0 Å². The number of allylic oxidation sites excluding steroid dienone is 2. The lowest BCUT2D eigenvalue weighted by atomic mass is 9.88. The molecule has 0 aromatic heterocycles. The Morgan fingerprint density at radius 3 is 2.58 bits per heavy atom. The molecule has 5 N–H and O–H groups in total. The fourth-order valence-electron chi connectivity index (χ4n) is 2.35. The minimum atomic E-state index is -0.0168. The van der Waals surface area contributed by atoms with Crippen molar-refractivity contribution < 1.29 is 15.2 Å². The molecule has 0 heterocycles. The summed E-state index contributed by atoms with van der Waals surface area (Å²) in [7, 11) is 3.34. The molecule has 2 atom stereocenters. The standard InChI is InChI=1S/C15H20N2O2/c1-9-13(17)7-6-12(15(9)19-3)11-5-4-10(16)8-14(11)18-2/h4-9,13H,16-17H2,1-3H3/p+1. The van der Waals surface area contributed by atoms with Crippen molar-refractivity contribution in [2.24, 2.45) is 11.7 Å². The van der Waals surface area contributed by atoms with Gasteiger partial charge in [0.05, 0.1) is 14.2 Å². The molecule has 2 unspecified atom stereocenters. The van der Waals surface area contributed by atoms with Crippen LogP contribution >= 0.6 is 0 Å². The molecule has 4 nitrogen and oxygen atoms in total. The van der Waals surface area contributed by atoms with Gasteiger partial charge >= 0.3 is 0 Å². The molecule has 0 radical (unpaired) electrons. The molecule has 1 aliphatic carbocycles. The lowest BCUT2D eigenvalue weighted by Crippen LogP contribution is -2.40. The van der Waals surface area contributed by atoms with E-state index in [1.807, 2.05) is 30.4 Å². The molecule has 102 valence electrons. The predicted octanol–water partition coefficient (Wildman–Crippen LogP) is 1.46. The van der Waals surface area contributed by atoms with Crippen LogP contribution in [-0.4, -0.2) is 20.3 Å². The van der Waals surface area contributed by atoms with Gasteiger partial charge in [0.15, 0.2) is 0 Å². The Bertz CT molecular complexity index is 535. The molecule has 0 saturated carbocycles. The fourth-order valence-corrected chi connectivity index (χ4v) is 2.35. The second-order valence-corrected chi connectivity index (χ2v) is 4.74. The quantitative estimate of drug-likeness (QED) is 0.865. The van der Waals surface area contributed by atoms with E-state index in [0.717, 1.165) is 28.3 Å². The number of quaternary nitrogens is 1. The second kappa shape index (κ2) is 5.47.